The van der Waals surface area contributed by atoms with Crippen LogP contribution in [-0.4, -0.2) is 5.11 Å². The molecule has 2 aromatic rings. The Bertz CT molecular complexity index is 512. The second kappa shape index (κ2) is 4.12. The first-order chi connectivity index (χ1) is 7.09. The van der Waals surface area contributed by atoms with Crippen LogP contribution in [0, 0.1) is 5.82 Å². The minimum absolute atomic E-state index is 0.00287. The summed E-state index contributed by atoms with van der Waals surface area (Å²) < 4.78 is 13.9. The molecule has 0 atom stereocenters. The Morgan fingerprint density at radius 1 is 1.40 bits per heavy atom. The van der Waals surface area contributed by atoms with Crippen molar-refractivity contribution < 1.29 is 9.50 Å². The summed E-state index contributed by atoms with van der Waals surface area (Å²) >= 11 is 10.4. The number of halogens is 3. The summed E-state index contributed by atoms with van der Waals surface area (Å²) in [5.74, 6) is -0.731. The van der Waals surface area contributed by atoms with Crippen molar-refractivity contribution in [1.29, 1.82) is 0 Å². The number of phenolic OH excluding ortho intramolecular Hbond substituents is 1. The molecule has 0 radical (unpaired) electrons. The number of aromatic hydroxyl groups is 1. The maximum absolute atomic E-state index is 13.0. The van der Waals surface area contributed by atoms with Crippen LogP contribution in [0.1, 0.15) is 0 Å². The van der Waals surface area contributed by atoms with Crippen LogP contribution in [0.15, 0.2) is 28.1 Å². The molecule has 0 spiro atoms. The lowest BCUT2D eigenvalue weighted by atomic mass is 10.1. The van der Waals surface area contributed by atoms with E-state index in [1.807, 2.05) is 11.4 Å². The minimum Gasteiger partial charge on any atom is -0.507 e. The molecule has 0 saturated carbocycles. The highest BCUT2D eigenvalue weighted by Crippen LogP contribution is 2.40. The van der Waals surface area contributed by atoms with E-state index >= 15 is 0 Å². The topological polar surface area (TPSA) is 20.2 Å². The first kappa shape index (κ1) is 10.9. The van der Waals surface area contributed by atoms with E-state index in [2.05, 4.69) is 15.9 Å². The van der Waals surface area contributed by atoms with Gasteiger partial charge < -0.3 is 5.11 Å². The van der Waals surface area contributed by atoms with Gasteiger partial charge in [-0.3, -0.25) is 0 Å². The number of benzene rings is 1. The van der Waals surface area contributed by atoms with Crippen LogP contribution in [0.25, 0.3) is 10.4 Å². The molecule has 1 aromatic carbocycles. The van der Waals surface area contributed by atoms with Gasteiger partial charge in [0, 0.05) is 16.1 Å². The van der Waals surface area contributed by atoms with Crippen molar-refractivity contribution in [1.82, 2.24) is 0 Å². The number of phenols is 1. The maximum Gasteiger partial charge on any atom is 0.145 e. The van der Waals surface area contributed by atoms with Gasteiger partial charge in [0.2, 0.25) is 0 Å². The van der Waals surface area contributed by atoms with Crippen LogP contribution in [0.2, 0.25) is 5.02 Å². The number of thiophene rings is 1. The summed E-state index contributed by atoms with van der Waals surface area (Å²) in [4.78, 5) is 0.828. The third-order valence-electron chi connectivity index (χ3n) is 1.90. The van der Waals surface area contributed by atoms with Crippen LogP contribution in [-0.2, 0) is 0 Å². The molecule has 2 rings (SSSR count). The first-order valence-corrected chi connectivity index (χ1v) is 6.06. The fraction of sp³-hybridized carbons (Fsp3) is 0. The van der Waals surface area contributed by atoms with E-state index in [1.54, 1.807) is 0 Å². The van der Waals surface area contributed by atoms with Crippen molar-refractivity contribution in [3.8, 4) is 16.2 Å². The molecule has 0 aliphatic carbocycles. The van der Waals surface area contributed by atoms with Crippen molar-refractivity contribution >= 4 is 38.9 Å². The van der Waals surface area contributed by atoms with Crippen molar-refractivity contribution in [3.63, 3.8) is 0 Å². The van der Waals surface area contributed by atoms with Gasteiger partial charge in [0.1, 0.15) is 11.6 Å². The molecular formula is C10H5BrClFOS. The number of hydrogen-bond donors (Lipinski definition) is 1. The molecule has 5 heteroatoms. The van der Waals surface area contributed by atoms with E-state index in [1.165, 1.54) is 17.4 Å². The quantitative estimate of drug-likeness (QED) is 0.811. The molecule has 0 fully saturated rings. The highest BCUT2D eigenvalue weighted by Gasteiger charge is 2.12. The highest BCUT2D eigenvalue weighted by atomic mass is 79.9. The summed E-state index contributed by atoms with van der Waals surface area (Å²) in [6.45, 7) is 0. The van der Waals surface area contributed by atoms with Gasteiger partial charge >= 0.3 is 0 Å². The molecule has 1 N–H and O–H groups in total. The minimum atomic E-state index is -0.620. The van der Waals surface area contributed by atoms with Crippen LogP contribution >= 0.6 is 38.9 Å². The summed E-state index contributed by atoms with van der Waals surface area (Å²) in [7, 11) is 0. The van der Waals surface area contributed by atoms with Crippen LogP contribution < -0.4 is 0 Å². The Labute approximate surface area is 103 Å². The lowest BCUT2D eigenvalue weighted by Gasteiger charge is -2.04. The summed E-state index contributed by atoms with van der Waals surface area (Å²) in [6.07, 6.45) is 0. The maximum atomic E-state index is 13.0. The molecule has 78 valence electrons. The van der Waals surface area contributed by atoms with Crippen molar-refractivity contribution in [2.45, 2.75) is 0 Å². The second-order valence-corrected chi connectivity index (χ2v) is 5.06. The van der Waals surface area contributed by atoms with Crippen molar-refractivity contribution in [2.75, 3.05) is 0 Å². The third-order valence-corrected chi connectivity index (χ3v) is 4.06. The zero-order valence-electron chi connectivity index (χ0n) is 7.30. The Hall–Kier alpha value is -0.580. The van der Waals surface area contributed by atoms with E-state index in [-0.39, 0.29) is 10.8 Å². The van der Waals surface area contributed by atoms with E-state index in [0.29, 0.717) is 5.56 Å². The van der Waals surface area contributed by atoms with E-state index in [4.69, 9.17) is 11.6 Å². The van der Waals surface area contributed by atoms with Gasteiger partial charge in [0.15, 0.2) is 0 Å². The summed E-state index contributed by atoms with van der Waals surface area (Å²) in [6, 6.07) is 4.29. The zero-order valence-corrected chi connectivity index (χ0v) is 10.5. The average Bonchev–Trinajstić information content (AvgIpc) is 2.58. The Morgan fingerprint density at radius 2 is 2.13 bits per heavy atom. The Balaban J connectivity index is 2.64. The zero-order chi connectivity index (χ0) is 11.0. The SMILES string of the molecule is Oc1cc(F)c(Cl)cc1-c1sccc1Br. The molecule has 0 saturated heterocycles. The molecule has 15 heavy (non-hydrogen) atoms. The first-order valence-electron chi connectivity index (χ1n) is 4.01. The lowest BCUT2D eigenvalue weighted by molar-refractivity contribution is 0.471. The summed E-state index contributed by atoms with van der Waals surface area (Å²) in [5.41, 5.74) is 0.531. The van der Waals surface area contributed by atoms with Gasteiger partial charge in [-0.15, -0.1) is 11.3 Å². The van der Waals surface area contributed by atoms with E-state index in [0.717, 1.165) is 15.4 Å². The van der Waals surface area contributed by atoms with Crippen molar-refractivity contribution in [2.24, 2.45) is 0 Å². The van der Waals surface area contributed by atoms with Crippen LogP contribution in [0.5, 0.6) is 5.75 Å². The molecule has 1 heterocycles. The fourth-order valence-electron chi connectivity index (χ4n) is 1.20. The smallest absolute Gasteiger partial charge is 0.145 e. The highest BCUT2D eigenvalue weighted by molar-refractivity contribution is 9.10. The van der Waals surface area contributed by atoms with Gasteiger partial charge in [0.05, 0.1) is 9.90 Å². The monoisotopic (exact) mass is 306 g/mol. The molecule has 0 aliphatic heterocycles. The fourth-order valence-corrected chi connectivity index (χ4v) is 2.98. The van der Waals surface area contributed by atoms with Crippen LogP contribution in [0.3, 0.4) is 0 Å². The van der Waals surface area contributed by atoms with E-state index in [9.17, 15) is 9.50 Å². The molecule has 0 aliphatic rings. The second-order valence-electron chi connectivity index (χ2n) is 2.88. The molecule has 0 unspecified atom stereocenters. The molecule has 0 amide bonds. The molecule has 1 aromatic heterocycles. The van der Waals surface area contributed by atoms with Crippen molar-refractivity contribution in [3.05, 3.63) is 38.9 Å². The lowest BCUT2D eigenvalue weighted by Crippen LogP contribution is -1.81. The third kappa shape index (κ3) is 2.02. The largest absolute Gasteiger partial charge is 0.507 e. The molecule has 0 bridgehead atoms. The molecule has 1 nitrogen and oxygen atoms in total. The standard InChI is InChI=1S/C10H5BrClFOS/c11-6-1-2-15-10(6)5-3-7(12)8(13)4-9(5)14/h1-4,14H. The Morgan fingerprint density at radius 3 is 2.73 bits per heavy atom. The van der Waals surface area contributed by atoms with Gasteiger partial charge in [-0.25, -0.2) is 4.39 Å². The van der Waals surface area contributed by atoms with Gasteiger partial charge in [-0.2, -0.15) is 0 Å². The van der Waals surface area contributed by atoms with Crippen LogP contribution in [0.4, 0.5) is 4.39 Å². The molecular weight excluding hydrogens is 303 g/mol. The predicted octanol–water partition coefficient (Wildman–Crippen LogP) is 4.68. The number of rotatable bonds is 1. The summed E-state index contributed by atoms with van der Waals surface area (Å²) in [5, 5.41) is 11.5. The van der Waals surface area contributed by atoms with Gasteiger partial charge in [-0.1, -0.05) is 11.6 Å². The normalized spacial score (nSPS) is 10.6. The van der Waals surface area contributed by atoms with E-state index < -0.39 is 5.82 Å². The predicted molar refractivity (Wildman–Crippen MR) is 64.1 cm³/mol. The van der Waals surface area contributed by atoms with Gasteiger partial charge in [-0.05, 0) is 33.4 Å². The van der Waals surface area contributed by atoms with Gasteiger partial charge in [0.25, 0.3) is 0 Å². The average molecular weight is 308 g/mol. The Kier molecular flexibility index (Phi) is 3.00. The number of hydrogen-bond acceptors (Lipinski definition) is 2.